The molecule has 1 N–H and O–H groups in total. The number of hydrogen-bond acceptors (Lipinski definition) is 6. The van der Waals surface area contributed by atoms with E-state index in [1.807, 2.05) is 6.92 Å². The van der Waals surface area contributed by atoms with Crippen molar-refractivity contribution in [2.45, 2.75) is 39.2 Å². The number of carbonyl (C=O) groups excluding carboxylic acids is 2. The molecule has 0 radical (unpaired) electrons. The maximum atomic E-state index is 13.4. The number of furan rings is 1. The first kappa shape index (κ1) is 18.2. The molecular weight excluding hydrogens is 360 g/mol. The van der Waals surface area contributed by atoms with Crippen molar-refractivity contribution in [3.05, 3.63) is 35.7 Å². The zero-order valence-electron chi connectivity index (χ0n) is 15.9. The molecule has 4 rings (SSSR count). The molecule has 1 unspecified atom stereocenters. The highest BCUT2D eigenvalue weighted by Gasteiger charge is 2.28. The van der Waals surface area contributed by atoms with Gasteiger partial charge in [0.15, 0.2) is 5.76 Å². The Labute approximate surface area is 161 Å². The molecule has 0 aromatic carbocycles. The average molecular weight is 382 g/mol. The number of aryl methyl sites for hydroxylation is 1. The first-order valence-electron chi connectivity index (χ1n) is 9.46. The fourth-order valence-corrected chi connectivity index (χ4v) is 3.59. The molecule has 4 heterocycles. The maximum Gasteiger partial charge on any atom is 0.259 e. The molecule has 1 saturated heterocycles. The van der Waals surface area contributed by atoms with Crippen LogP contribution in [-0.2, 0) is 4.79 Å². The Hall–Kier alpha value is -3.16. The first-order valence-corrected chi connectivity index (χ1v) is 9.46. The summed E-state index contributed by atoms with van der Waals surface area (Å²) in [5.41, 5.74) is 1.93. The number of amides is 2. The number of rotatable bonds is 4. The Kier molecular flexibility index (Phi) is 4.85. The molecule has 146 valence electrons. The second-order valence-electron chi connectivity index (χ2n) is 6.99. The molecule has 3 aromatic heterocycles. The van der Waals surface area contributed by atoms with Crippen LogP contribution in [-0.4, -0.2) is 46.0 Å². The Morgan fingerprint density at radius 1 is 1.39 bits per heavy atom. The van der Waals surface area contributed by atoms with E-state index in [-0.39, 0.29) is 17.9 Å². The van der Waals surface area contributed by atoms with E-state index in [0.29, 0.717) is 53.3 Å². The van der Waals surface area contributed by atoms with E-state index in [9.17, 15) is 9.59 Å². The molecule has 1 atom stereocenters. The molecule has 2 amide bonds. The lowest BCUT2D eigenvalue weighted by atomic mass is 10.0. The van der Waals surface area contributed by atoms with Crippen LogP contribution in [0.1, 0.15) is 42.2 Å². The molecule has 3 aromatic rings. The van der Waals surface area contributed by atoms with Crippen molar-refractivity contribution in [1.82, 2.24) is 20.4 Å². The normalized spacial score (nSPS) is 17.1. The largest absolute Gasteiger partial charge is 0.463 e. The third kappa shape index (κ3) is 3.37. The van der Waals surface area contributed by atoms with Gasteiger partial charge in [0.2, 0.25) is 5.91 Å². The summed E-state index contributed by atoms with van der Waals surface area (Å²) in [6, 6.07) is 5.24. The third-order valence-electron chi connectivity index (χ3n) is 5.02. The van der Waals surface area contributed by atoms with E-state index in [1.165, 1.54) is 0 Å². The lowest BCUT2D eigenvalue weighted by Gasteiger charge is -2.33. The average Bonchev–Trinajstić information content (AvgIpc) is 3.37. The van der Waals surface area contributed by atoms with Crippen LogP contribution in [0.2, 0.25) is 0 Å². The number of nitrogens with one attached hydrogen (secondary N) is 1. The number of likely N-dealkylation sites (tertiary alicyclic amines) is 1. The zero-order chi connectivity index (χ0) is 19.7. The molecule has 8 heteroatoms. The van der Waals surface area contributed by atoms with E-state index in [0.717, 1.165) is 12.8 Å². The highest BCUT2D eigenvalue weighted by Crippen LogP contribution is 2.28. The van der Waals surface area contributed by atoms with Gasteiger partial charge in [0.25, 0.3) is 11.6 Å². The first-order chi connectivity index (χ1) is 13.6. The molecule has 0 aliphatic carbocycles. The number of pyridine rings is 1. The van der Waals surface area contributed by atoms with Gasteiger partial charge in [0.1, 0.15) is 5.69 Å². The molecule has 0 spiro atoms. The summed E-state index contributed by atoms with van der Waals surface area (Å²) in [5, 5.41) is 7.58. The predicted molar refractivity (Wildman–Crippen MR) is 102 cm³/mol. The topological polar surface area (TPSA) is 101 Å². The number of nitrogens with zero attached hydrogens (tertiary/aromatic N) is 3. The van der Waals surface area contributed by atoms with Gasteiger partial charge in [-0.2, -0.15) is 0 Å². The summed E-state index contributed by atoms with van der Waals surface area (Å²) in [7, 11) is 0. The highest BCUT2D eigenvalue weighted by atomic mass is 16.5. The van der Waals surface area contributed by atoms with Crippen LogP contribution in [0.5, 0.6) is 0 Å². The quantitative estimate of drug-likeness (QED) is 0.744. The van der Waals surface area contributed by atoms with E-state index in [1.54, 1.807) is 36.3 Å². The van der Waals surface area contributed by atoms with E-state index in [4.69, 9.17) is 8.94 Å². The lowest BCUT2D eigenvalue weighted by molar-refractivity contribution is -0.121. The van der Waals surface area contributed by atoms with Crippen molar-refractivity contribution in [3.8, 4) is 11.5 Å². The van der Waals surface area contributed by atoms with Gasteiger partial charge in [-0.05, 0) is 38.0 Å². The molecule has 28 heavy (non-hydrogen) atoms. The monoisotopic (exact) mass is 382 g/mol. The maximum absolute atomic E-state index is 13.4. The van der Waals surface area contributed by atoms with Crippen LogP contribution in [0.25, 0.3) is 22.6 Å². The van der Waals surface area contributed by atoms with Gasteiger partial charge in [-0.15, -0.1) is 0 Å². The number of fused-ring (bicyclic) bond motifs is 1. The summed E-state index contributed by atoms with van der Waals surface area (Å²) in [6.07, 6.45) is 3.69. The van der Waals surface area contributed by atoms with Crippen molar-refractivity contribution in [3.63, 3.8) is 0 Å². The van der Waals surface area contributed by atoms with Crippen LogP contribution >= 0.6 is 0 Å². The van der Waals surface area contributed by atoms with Gasteiger partial charge in [-0.3, -0.25) is 9.59 Å². The minimum Gasteiger partial charge on any atom is -0.463 e. The molecule has 0 bridgehead atoms. The summed E-state index contributed by atoms with van der Waals surface area (Å²) in [5.74, 6) is 0.430. The Bertz CT molecular complexity index is 1010. The zero-order valence-corrected chi connectivity index (χ0v) is 15.9. The van der Waals surface area contributed by atoms with Crippen molar-refractivity contribution < 1.29 is 18.5 Å². The van der Waals surface area contributed by atoms with Gasteiger partial charge < -0.3 is 19.2 Å². The van der Waals surface area contributed by atoms with E-state index >= 15 is 0 Å². The predicted octanol–water partition coefficient (Wildman–Crippen LogP) is 2.92. The van der Waals surface area contributed by atoms with Crippen molar-refractivity contribution >= 4 is 22.9 Å². The van der Waals surface area contributed by atoms with Crippen LogP contribution in [0, 0.1) is 6.92 Å². The van der Waals surface area contributed by atoms with Gasteiger partial charge in [0.05, 0.1) is 22.9 Å². The smallest absolute Gasteiger partial charge is 0.259 e. The standard InChI is InChI=1S/C20H22N4O4/c1-3-17(25)21-13-6-4-8-24(11-13)20(26)14-10-15(16-7-5-9-27-16)22-19-18(14)12(2)23-28-19/h5,7,9-10,13H,3-4,6,8,11H2,1-2H3,(H,21,25). The summed E-state index contributed by atoms with van der Waals surface area (Å²) in [6.45, 7) is 4.73. The molecule has 0 saturated carbocycles. The number of hydrogen-bond donors (Lipinski definition) is 1. The van der Waals surface area contributed by atoms with Crippen LogP contribution < -0.4 is 5.32 Å². The summed E-state index contributed by atoms with van der Waals surface area (Å²) < 4.78 is 10.8. The van der Waals surface area contributed by atoms with Crippen molar-refractivity contribution in [1.29, 1.82) is 0 Å². The molecule has 1 fully saturated rings. The van der Waals surface area contributed by atoms with Crippen LogP contribution in [0.15, 0.2) is 33.4 Å². The van der Waals surface area contributed by atoms with E-state index < -0.39 is 0 Å². The lowest BCUT2D eigenvalue weighted by Crippen LogP contribution is -2.49. The Balaban J connectivity index is 1.68. The Morgan fingerprint density at radius 3 is 3.00 bits per heavy atom. The van der Waals surface area contributed by atoms with Gasteiger partial charge in [-0.25, -0.2) is 4.98 Å². The second-order valence-corrected chi connectivity index (χ2v) is 6.99. The number of carbonyl (C=O) groups is 2. The number of piperidine rings is 1. The molecular formula is C20H22N4O4. The molecule has 1 aliphatic rings. The van der Waals surface area contributed by atoms with E-state index in [2.05, 4.69) is 15.5 Å². The van der Waals surface area contributed by atoms with Gasteiger partial charge >= 0.3 is 0 Å². The Morgan fingerprint density at radius 2 is 2.25 bits per heavy atom. The minimum absolute atomic E-state index is 0.000542. The van der Waals surface area contributed by atoms with Crippen LogP contribution in [0.3, 0.4) is 0 Å². The second kappa shape index (κ2) is 7.46. The summed E-state index contributed by atoms with van der Waals surface area (Å²) in [4.78, 5) is 31.3. The molecule has 8 nitrogen and oxygen atoms in total. The minimum atomic E-state index is -0.123. The fourth-order valence-electron chi connectivity index (χ4n) is 3.59. The van der Waals surface area contributed by atoms with Gasteiger partial charge in [0, 0.05) is 25.6 Å². The van der Waals surface area contributed by atoms with Crippen molar-refractivity contribution in [2.75, 3.05) is 13.1 Å². The SMILES string of the molecule is CCC(=O)NC1CCCN(C(=O)c2cc(-c3ccco3)nc3onc(C)c23)C1. The van der Waals surface area contributed by atoms with Gasteiger partial charge in [-0.1, -0.05) is 12.1 Å². The van der Waals surface area contributed by atoms with Crippen molar-refractivity contribution in [2.24, 2.45) is 0 Å². The number of aromatic nitrogens is 2. The summed E-state index contributed by atoms with van der Waals surface area (Å²) >= 11 is 0. The molecule has 1 aliphatic heterocycles. The highest BCUT2D eigenvalue weighted by molar-refractivity contribution is 6.07. The fraction of sp³-hybridized carbons (Fsp3) is 0.400. The third-order valence-corrected chi connectivity index (χ3v) is 5.02. The van der Waals surface area contributed by atoms with Crippen LogP contribution in [0.4, 0.5) is 0 Å².